The molecular weight excluding hydrogens is 224 g/mol. The number of hydrogen-bond acceptors (Lipinski definition) is 4. The third-order valence-electron chi connectivity index (χ3n) is 4.05. The molecule has 4 heteroatoms. The van der Waals surface area contributed by atoms with Gasteiger partial charge in [-0.3, -0.25) is 0 Å². The summed E-state index contributed by atoms with van der Waals surface area (Å²) in [7, 11) is 0. The summed E-state index contributed by atoms with van der Waals surface area (Å²) in [4.78, 5) is 11.6. The SMILES string of the molecule is CCc1nc(C)cc(N2CCC3CCC(C2)N3)n1. The summed E-state index contributed by atoms with van der Waals surface area (Å²) < 4.78 is 0. The third kappa shape index (κ3) is 2.34. The number of aryl methyl sites for hydroxylation is 2. The van der Waals surface area contributed by atoms with E-state index in [1.54, 1.807) is 0 Å². The Kier molecular flexibility index (Phi) is 3.20. The molecule has 0 spiro atoms. The third-order valence-corrected chi connectivity index (χ3v) is 4.05. The second-order valence-electron chi connectivity index (χ2n) is 5.51. The molecule has 0 radical (unpaired) electrons. The summed E-state index contributed by atoms with van der Waals surface area (Å²) in [5.74, 6) is 2.08. The molecule has 2 bridgehead atoms. The normalized spacial score (nSPS) is 27.3. The number of anilines is 1. The van der Waals surface area contributed by atoms with E-state index >= 15 is 0 Å². The smallest absolute Gasteiger partial charge is 0.132 e. The van der Waals surface area contributed by atoms with E-state index in [9.17, 15) is 0 Å². The maximum atomic E-state index is 4.69. The molecule has 3 rings (SSSR count). The molecule has 1 aromatic rings. The molecule has 2 fully saturated rings. The first-order valence-electron chi connectivity index (χ1n) is 7.10. The van der Waals surface area contributed by atoms with Crippen molar-refractivity contribution in [2.24, 2.45) is 0 Å². The number of aromatic nitrogens is 2. The van der Waals surface area contributed by atoms with E-state index in [-0.39, 0.29) is 0 Å². The van der Waals surface area contributed by atoms with E-state index in [0.717, 1.165) is 42.9 Å². The molecule has 2 unspecified atom stereocenters. The fraction of sp³-hybridized carbons (Fsp3) is 0.714. The van der Waals surface area contributed by atoms with Crippen molar-refractivity contribution in [3.05, 3.63) is 17.6 Å². The van der Waals surface area contributed by atoms with Gasteiger partial charge in [-0.1, -0.05) is 6.92 Å². The average molecular weight is 246 g/mol. The molecule has 1 aromatic heterocycles. The first-order chi connectivity index (χ1) is 8.74. The monoisotopic (exact) mass is 246 g/mol. The highest BCUT2D eigenvalue weighted by molar-refractivity contribution is 5.40. The number of fused-ring (bicyclic) bond motifs is 2. The Balaban J connectivity index is 1.83. The van der Waals surface area contributed by atoms with Gasteiger partial charge in [-0.25, -0.2) is 9.97 Å². The summed E-state index contributed by atoms with van der Waals surface area (Å²) in [6, 6.07) is 3.50. The number of nitrogens with one attached hydrogen (secondary N) is 1. The molecule has 2 saturated heterocycles. The largest absolute Gasteiger partial charge is 0.355 e. The molecule has 0 saturated carbocycles. The Morgan fingerprint density at radius 2 is 2.11 bits per heavy atom. The van der Waals surface area contributed by atoms with Gasteiger partial charge in [0.1, 0.15) is 11.6 Å². The Morgan fingerprint density at radius 3 is 2.94 bits per heavy atom. The minimum atomic E-state index is 0.651. The van der Waals surface area contributed by atoms with Crippen molar-refractivity contribution in [1.82, 2.24) is 15.3 Å². The van der Waals surface area contributed by atoms with Crippen LogP contribution in [0, 0.1) is 6.92 Å². The van der Waals surface area contributed by atoms with Crippen LogP contribution in [0.25, 0.3) is 0 Å². The van der Waals surface area contributed by atoms with Crippen LogP contribution >= 0.6 is 0 Å². The lowest BCUT2D eigenvalue weighted by atomic mass is 10.1. The molecule has 3 heterocycles. The van der Waals surface area contributed by atoms with Crippen LogP contribution in [0.3, 0.4) is 0 Å². The molecular formula is C14H22N4. The van der Waals surface area contributed by atoms with Gasteiger partial charge in [0, 0.05) is 43.4 Å². The van der Waals surface area contributed by atoms with Gasteiger partial charge in [-0.2, -0.15) is 0 Å². The summed E-state index contributed by atoms with van der Waals surface area (Å²) in [5, 5.41) is 3.71. The van der Waals surface area contributed by atoms with Crippen molar-refractivity contribution in [3.8, 4) is 0 Å². The van der Waals surface area contributed by atoms with E-state index in [0.29, 0.717) is 6.04 Å². The molecule has 98 valence electrons. The fourth-order valence-corrected chi connectivity index (χ4v) is 3.08. The maximum absolute atomic E-state index is 4.69. The molecule has 0 aliphatic carbocycles. The van der Waals surface area contributed by atoms with E-state index in [1.807, 2.05) is 0 Å². The van der Waals surface area contributed by atoms with Crippen LogP contribution in [0.15, 0.2) is 6.07 Å². The first kappa shape index (κ1) is 11.9. The second-order valence-corrected chi connectivity index (χ2v) is 5.51. The first-order valence-corrected chi connectivity index (χ1v) is 7.10. The lowest BCUT2D eigenvalue weighted by Gasteiger charge is -2.25. The maximum Gasteiger partial charge on any atom is 0.132 e. The topological polar surface area (TPSA) is 41.1 Å². The van der Waals surface area contributed by atoms with Crippen LogP contribution in [0.2, 0.25) is 0 Å². The number of nitrogens with zero attached hydrogens (tertiary/aromatic N) is 3. The second kappa shape index (κ2) is 4.84. The van der Waals surface area contributed by atoms with E-state index in [2.05, 4.69) is 40.1 Å². The summed E-state index contributed by atoms with van der Waals surface area (Å²) in [6.07, 6.45) is 4.81. The van der Waals surface area contributed by atoms with E-state index in [4.69, 9.17) is 0 Å². The van der Waals surface area contributed by atoms with Gasteiger partial charge in [0.15, 0.2) is 0 Å². The molecule has 0 amide bonds. The van der Waals surface area contributed by atoms with Gasteiger partial charge in [0.05, 0.1) is 0 Å². The van der Waals surface area contributed by atoms with Gasteiger partial charge in [-0.05, 0) is 26.2 Å². The predicted molar refractivity (Wildman–Crippen MR) is 72.9 cm³/mol. The predicted octanol–water partition coefficient (Wildman–Crippen LogP) is 1.68. The molecule has 2 atom stereocenters. The minimum absolute atomic E-state index is 0.651. The molecule has 2 aliphatic rings. The van der Waals surface area contributed by atoms with Gasteiger partial charge in [0.2, 0.25) is 0 Å². The minimum Gasteiger partial charge on any atom is -0.355 e. The Bertz CT molecular complexity index is 432. The van der Waals surface area contributed by atoms with Gasteiger partial charge in [0.25, 0.3) is 0 Å². The highest BCUT2D eigenvalue weighted by Gasteiger charge is 2.29. The van der Waals surface area contributed by atoms with Gasteiger partial charge in [-0.15, -0.1) is 0 Å². The van der Waals surface area contributed by atoms with Crippen molar-refractivity contribution < 1.29 is 0 Å². The van der Waals surface area contributed by atoms with Gasteiger partial charge >= 0.3 is 0 Å². The Hall–Kier alpha value is -1.16. The van der Waals surface area contributed by atoms with Crippen LogP contribution in [-0.4, -0.2) is 35.1 Å². The molecule has 1 N–H and O–H groups in total. The Morgan fingerprint density at radius 1 is 1.28 bits per heavy atom. The van der Waals surface area contributed by atoms with Crippen molar-refractivity contribution in [3.63, 3.8) is 0 Å². The van der Waals surface area contributed by atoms with Crippen molar-refractivity contribution >= 4 is 5.82 Å². The summed E-state index contributed by atoms with van der Waals surface area (Å²) >= 11 is 0. The molecule has 4 nitrogen and oxygen atoms in total. The lowest BCUT2D eigenvalue weighted by Crippen LogP contribution is -2.35. The Labute approximate surface area is 109 Å². The van der Waals surface area contributed by atoms with Crippen molar-refractivity contribution in [2.45, 2.75) is 51.6 Å². The summed E-state index contributed by atoms with van der Waals surface area (Å²) in [6.45, 7) is 6.39. The number of rotatable bonds is 2. The average Bonchev–Trinajstić information content (AvgIpc) is 2.68. The standard InChI is InChI=1S/C14H22N4/c1-3-13-15-10(2)8-14(17-13)18-7-6-11-4-5-12(9-18)16-11/h8,11-12,16H,3-7,9H2,1-2H3. The fourth-order valence-electron chi connectivity index (χ4n) is 3.08. The van der Waals surface area contributed by atoms with Gasteiger partial charge < -0.3 is 10.2 Å². The van der Waals surface area contributed by atoms with Crippen molar-refractivity contribution in [2.75, 3.05) is 18.0 Å². The zero-order chi connectivity index (χ0) is 12.5. The van der Waals surface area contributed by atoms with E-state index < -0.39 is 0 Å². The quantitative estimate of drug-likeness (QED) is 0.862. The van der Waals surface area contributed by atoms with Crippen LogP contribution in [0.5, 0.6) is 0 Å². The molecule has 18 heavy (non-hydrogen) atoms. The zero-order valence-electron chi connectivity index (χ0n) is 11.3. The molecule has 0 aromatic carbocycles. The lowest BCUT2D eigenvalue weighted by molar-refractivity contribution is 0.563. The zero-order valence-corrected chi connectivity index (χ0v) is 11.3. The van der Waals surface area contributed by atoms with E-state index in [1.165, 1.54) is 19.3 Å². The summed E-state index contributed by atoms with van der Waals surface area (Å²) in [5.41, 5.74) is 1.08. The van der Waals surface area contributed by atoms with Crippen molar-refractivity contribution in [1.29, 1.82) is 0 Å². The number of hydrogen-bond donors (Lipinski definition) is 1. The highest BCUT2D eigenvalue weighted by atomic mass is 15.2. The van der Waals surface area contributed by atoms with Crippen LogP contribution in [-0.2, 0) is 6.42 Å². The van der Waals surface area contributed by atoms with Crippen LogP contribution in [0.4, 0.5) is 5.82 Å². The molecule has 2 aliphatic heterocycles. The van der Waals surface area contributed by atoms with Crippen LogP contribution < -0.4 is 10.2 Å². The highest BCUT2D eigenvalue weighted by Crippen LogP contribution is 2.23. The van der Waals surface area contributed by atoms with Crippen LogP contribution in [0.1, 0.15) is 37.7 Å².